The van der Waals surface area contributed by atoms with Crippen LogP contribution in [0.1, 0.15) is 13.8 Å². The Kier molecular flexibility index (Phi) is 8.35. The van der Waals surface area contributed by atoms with Gasteiger partial charge in [-0.2, -0.15) is 4.31 Å². The fraction of sp³-hybridized carbons (Fsp3) is 0.321. The number of likely N-dealkylation sites (N-methyl/N-ethyl adjacent to an activating group) is 1. The zero-order valence-corrected chi connectivity index (χ0v) is 22.4. The van der Waals surface area contributed by atoms with E-state index in [4.69, 9.17) is 4.74 Å². The summed E-state index contributed by atoms with van der Waals surface area (Å²) in [5.74, 6) is -0.733. The second kappa shape index (κ2) is 11.5. The van der Waals surface area contributed by atoms with Gasteiger partial charge in [0, 0.05) is 25.6 Å². The van der Waals surface area contributed by atoms with Gasteiger partial charge in [0.1, 0.15) is 22.6 Å². The summed E-state index contributed by atoms with van der Waals surface area (Å²) in [4.78, 5) is 14.2. The van der Waals surface area contributed by atoms with Crippen LogP contribution < -0.4 is 10.1 Å². The van der Waals surface area contributed by atoms with E-state index in [2.05, 4.69) is 5.32 Å². The second-order valence-corrected chi connectivity index (χ2v) is 11.4. The summed E-state index contributed by atoms with van der Waals surface area (Å²) in [6.45, 7) is 3.33. The molecule has 3 atom stereocenters. The second-order valence-electron chi connectivity index (χ2n) is 9.56. The number of aliphatic hydroxyl groups is 1. The van der Waals surface area contributed by atoms with E-state index in [9.17, 15) is 22.7 Å². The average Bonchev–Trinajstić information content (AvgIpc) is 2.91. The molecule has 2 N–H and O–H groups in total. The molecule has 1 aliphatic rings. The fourth-order valence-corrected chi connectivity index (χ4v) is 6.21. The first-order chi connectivity index (χ1) is 18.1. The topological polar surface area (TPSA) is 99.2 Å². The van der Waals surface area contributed by atoms with Crippen molar-refractivity contribution in [3.63, 3.8) is 0 Å². The van der Waals surface area contributed by atoms with Crippen molar-refractivity contribution in [3.8, 4) is 16.9 Å². The van der Waals surface area contributed by atoms with Gasteiger partial charge in [0.2, 0.25) is 10.0 Å². The Morgan fingerprint density at radius 2 is 1.82 bits per heavy atom. The van der Waals surface area contributed by atoms with Crippen molar-refractivity contribution in [1.82, 2.24) is 9.21 Å². The highest BCUT2D eigenvalue weighted by Gasteiger charge is 2.38. The summed E-state index contributed by atoms with van der Waals surface area (Å²) in [5.41, 5.74) is 1.73. The van der Waals surface area contributed by atoms with Gasteiger partial charge in [0.15, 0.2) is 0 Å². The van der Waals surface area contributed by atoms with Crippen LogP contribution in [0.3, 0.4) is 0 Å². The van der Waals surface area contributed by atoms with Gasteiger partial charge in [-0.15, -0.1) is 0 Å². The molecule has 202 valence electrons. The first kappa shape index (κ1) is 27.6. The number of halogens is 1. The number of rotatable bonds is 6. The predicted octanol–water partition coefficient (Wildman–Crippen LogP) is 4.43. The summed E-state index contributed by atoms with van der Waals surface area (Å²) < 4.78 is 49.0. The number of anilines is 1. The van der Waals surface area contributed by atoms with Crippen LogP contribution in [0.4, 0.5) is 14.9 Å². The molecule has 2 amide bonds. The Labute approximate surface area is 222 Å². The van der Waals surface area contributed by atoms with Crippen LogP contribution in [0.15, 0.2) is 77.7 Å². The molecule has 4 rings (SSSR count). The lowest BCUT2D eigenvalue weighted by atomic mass is 10.0. The summed E-state index contributed by atoms with van der Waals surface area (Å²) >= 11 is 0. The number of hydrogen-bond acceptors (Lipinski definition) is 5. The number of hydrogen-bond donors (Lipinski definition) is 2. The number of fused-ring (bicyclic) bond motifs is 1. The largest absolute Gasteiger partial charge is 0.487 e. The lowest BCUT2D eigenvalue weighted by Crippen LogP contribution is -2.50. The van der Waals surface area contributed by atoms with E-state index in [0.717, 1.165) is 11.1 Å². The van der Waals surface area contributed by atoms with Crippen LogP contribution in [0.25, 0.3) is 11.1 Å². The minimum absolute atomic E-state index is 0.00663. The van der Waals surface area contributed by atoms with E-state index >= 15 is 0 Å². The molecule has 0 aromatic heterocycles. The molecule has 0 saturated carbocycles. The van der Waals surface area contributed by atoms with E-state index in [1.807, 2.05) is 37.3 Å². The molecule has 8 nitrogen and oxygen atoms in total. The number of urea groups is 1. The molecule has 38 heavy (non-hydrogen) atoms. The van der Waals surface area contributed by atoms with Crippen LogP contribution >= 0.6 is 0 Å². The number of ether oxygens (including phenoxy) is 1. The fourth-order valence-electron chi connectivity index (χ4n) is 4.38. The number of carbonyl (C=O) groups is 1. The molecule has 0 bridgehead atoms. The van der Waals surface area contributed by atoms with Crippen LogP contribution in [0.2, 0.25) is 0 Å². The smallest absolute Gasteiger partial charge is 0.321 e. The Morgan fingerprint density at radius 1 is 1.13 bits per heavy atom. The van der Waals surface area contributed by atoms with Crippen molar-refractivity contribution in [2.45, 2.75) is 30.9 Å². The normalized spacial score (nSPS) is 19.8. The zero-order chi connectivity index (χ0) is 27.4. The average molecular weight is 542 g/mol. The van der Waals surface area contributed by atoms with E-state index in [1.54, 1.807) is 32.2 Å². The summed E-state index contributed by atoms with van der Waals surface area (Å²) in [6.07, 6.45) is -0.597. The molecule has 1 aliphatic heterocycles. The highest BCUT2D eigenvalue weighted by molar-refractivity contribution is 7.89. The van der Waals surface area contributed by atoms with Gasteiger partial charge in [-0.3, -0.25) is 0 Å². The number of nitrogens with zero attached hydrogens (tertiary/aromatic N) is 2. The van der Waals surface area contributed by atoms with Gasteiger partial charge in [-0.05, 0) is 42.3 Å². The molecule has 3 aromatic rings. The molecule has 0 spiro atoms. The van der Waals surface area contributed by atoms with Crippen LogP contribution in [-0.2, 0) is 10.0 Å². The minimum Gasteiger partial charge on any atom is -0.487 e. The van der Waals surface area contributed by atoms with Crippen molar-refractivity contribution in [1.29, 1.82) is 0 Å². The predicted molar refractivity (Wildman–Crippen MR) is 144 cm³/mol. The molecule has 0 radical (unpaired) electrons. The molecular formula is C28H32FN3O5S. The van der Waals surface area contributed by atoms with Gasteiger partial charge in [0.25, 0.3) is 0 Å². The highest BCUT2D eigenvalue weighted by Crippen LogP contribution is 2.36. The molecule has 0 saturated heterocycles. The highest BCUT2D eigenvalue weighted by atomic mass is 32.2. The quantitative estimate of drug-likeness (QED) is 0.481. The lowest BCUT2D eigenvalue weighted by Gasteiger charge is -2.37. The summed E-state index contributed by atoms with van der Waals surface area (Å²) in [7, 11) is -2.42. The van der Waals surface area contributed by atoms with Gasteiger partial charge in [0.05, 0.1) is 18.8 Å². The Bertz CT molecular complexity index is 1390. The standard InChI is InChI=1S/C28H32FN3O5S/c1-19-16-32(20(2)18-33)38(35,36)27-14-13-22(21-9-5-4-6-10-21)15-25(27)37-26(19)17-31(3)28(34)30-24-12-8-7-11-23(24)29/h4-15,19-20,26,33H,16-18H2,1-3H3,(H,30,34)/t19-,20+,26+/m0/s1. The summed E-state index contributed by atoms with van der Waals surface area (Å²) in [5, 5.41) is 12.4. The SMILES string of the molecule is C[C@H](CO)N1C[C@H](C)[C@@H](CN(C)C(=O)Nc2ccccc2F)Oc2cc(-c3ccccc3)ccc2S1(=O)=O. The number of benzene rings is 3. The van der Waals surface area contributed by atoms with Crippen molar-refractivity contribution in [2.24, 2.45) is 5.92 Å². The number of carbonyl (C=O) groups excluding carboxylic acids is 1. The van der Waals surface area contributed by atoms with E-state index < -0.39 is 34.0 Å². The number of sulfonamides is 1. The molecule has 10 heteroatoms. The molecule has 0 unspecified atom stereocenters. The third-order valence-electron chi connectivity index (χ3n) is 6.69. The molecular weight excluding hydrogens is 509 g/mol. The number of nitrogens with one attached hydrogen (secondary N) is 1. The van der Waals surface area contributed by atoms with Crippen molar-refractivity contribution in [3.05, 3.63) is 78.6 Å². The number of aliphatic hydroxyl groups excluding tert-OH is 1. The van der Waals surface area contributed by atoms with E-state index in [-0.39, 0.29) is 41.9 Å². The third-order valence-corrected chi connectivity index (χ3v) is 8.71. The maximum atomic E-state index is 14.1. The van der Waals surface area contributed by atoms with Crippen LogP contribution in [0, 0.1) is 11.7 Å². The van der Waals surface area contributed by atoms with Crippen molar-refractivity contribution < 1.29 is 27.4 Å². The summed E-state index contributed by atoms with van der Waals surface area (Å²) in [6, 6.07) is 19.1. The van der Waals surface area contributed by atoms with Crippen molar-refractivity contribution in [2.75, 3.05) is 32.1 Å². The Hall–Kier alpha value is -3.47. The van der Waals surface area contributed by atoms with Gasteiger partial charge < -0.3 is 20.1 Å². The van der Waals surface area contributed by atoms with Gasteiger partial charge in [-0.1, -0.05) is 55.5 Å². The van der Waals surface area contributed by atoms with Crippen LogP contribution in [-0.4, -0.2) is 67.7 Å². The third kappa shape index (κ3) is 5.82. The lowest BCUT2D eigenvalue weighted by molar-refractivity contribution is 0.0830. The maximum Gasteiger partial charge on any atom is 0.321 e. The minimum atomic E-state index is -3.99. The van der Waals surface area contributed by atoms with E-state index in [0.29, 0.717) is 0 Å². The first-order valence-electron chi connectivity index (χ1n) is 12.4. The van der Waals surface area contributed by atoms with Crippen molar-refractivity contribution >= 4 is 21.7 Å². The maximum absolute atomic E-state index is 14.1. The number of amides is 2. The monoisotopic (exact) mass is 541 g/mol. The molecule has 1 heterocycles. The Morgan fingerprint density at radius 3 is 2.50 bits per heavy atom. The van der Waals surface area contributed by atoms with E-state index in [1.165, 1.54) is 33.5 Å². The Balaban J connectivity index is 1.69. The zero-order valence-electron chi connectivity index (χ0n) is 21.5. The molecule has 3 aromatic carbocycles. The van der Waals surface area contributed by atoms with Gasteiger partial charge >= 0.3 is 6.03 Å². The van der Waals surface area contributed by atoms with Crippen LogP contribution in [0.5, 0.6) is 5.75 Å². The van der Waals surface area contributed by atoms with Gasteiger partial charge in [-0.25, -0.2) is 17.6 Å². The molecule has 0 aliphatic carbocycles. The first-order valence-corrected chi connectivity index (χ1v) is 13.8. The molecule has 0 fully saturated rings. The number of para-hydroxylation sites is 1.